The van der Waals surface area contributed by atoms with Crippen LogP contribution in [0, 0.1) is 0 Å². The minimum absolute atomic E-state index is 0.223. The lowest BCUT2D eigenvalue weighted by Crippen LogP contribution is -2.24. The first-order chi connectivity index (χ1) is 14.5. The smallest absolute Gasteiger partial charge is 0.343 e. The van der Waals surface area contributed by atoms with E-state index in [4.69, 9.17) is 32.7 Å². The summed E-state index contributed by atoms with van der Waals surface area (Å²) in [5.74, 6) is -0.154. The normalized spacial score (nSPS) is 10.6. The van der Waals surface area contributed by atoms with E-state index < -0.39 is 11.9 Å². The van der Waals surface area contributed by atoms with Crippen molar-refractivity contribution in [2.75, 3.05) is 6.61 Å². The number of carbonyl (C=O) groups is 2. The van der Waals surface area contributed by atoms with Crippen LogP contribution in [0.3, 0.4) is 0 Å². The Morgan fingerprint density at radius 1 is 0.967 bits per heavy atom. The molecule has 152 valence electrons. The van der Waals surface area contributed by atoms with Gasteiger partial charge in [0.15, 0.2) is 6.61 Å². The summed E-state index contributed by atoms with van der Waals surface area (Å²) in [7, 11) is 0. The van der Waals surface area contributed by atoms with E-state index in [1.54, 1.807) is 66.7 Å². The molecule has 3 rings (SSSR count). The molecule has 3 aromatic rings. The zero-order chi connectivity index (χ0) is 21.3. The van der Waals surface area contributed by atoms with Crippen molar-refractivity contribution >= 4 is 41.3 Å². The number of hydrazone groups is 1. The third-order valence-electron chi connectivity index (χ3n) is 3.75. The number of rotatable bonds is 7. The average Bonchev–Trinajstić information content (AvgIpc) is 2.74. The van der Waals surface area contributed by atoms with Gasteiger partial charge in [-0.05, 0) is 60.2 Å². The second-order valence-electron chi connectivity index (χ2n) is 5.98. The highest BCUT2D eigenvalue weighted by Gasteiger charge is 2.09. The van der Waals surface area contributed by atoms with Crippen molar-refractivity contribution in [3.8, 4) is 11.5 Å². The zero-order valence-electron chi connectivity index (χ0n) is 15.5. The molecule has 0 aliphatic carbocycles. The number of nitrogens with one attached hydrogen (secondary N) is 1. The topological polar surface area (TPSA) is 77.0 Å². The first-order valence-electron chi connectivity index (χ1n) is 8.78. The molecule has 0 aliphatic rings. The Hall–Kier alpha value is -3.35. The lowest BCUT2D eigenvalue weighted by Gasteiger charge is -2.06. The largest absolute Gasteiger partial charge is 0.482 e. The highest BCUT2D eigenvalue weighted by molar-refractivity contribution is 6.32. The molecular formula is C22H16Cl2N2O4. The Labute approximate surface area is 183 Å². The summed E-state index contributed by atoms with van der Waals surface area (Å²) in [4.78, 5) is 23.9. The summed E-state index contributed by atoms with van der Waals surface area (Å²) in [5.41, 5.74) is 3.41. The molecule has 0 radical (unpaired) electrons. The van der Waals surface area contributed by atoms with Crippen LogP contribution in [0.5, 0.6) is 11.5 Å². The van der Waals surface area contributed by atoms with Gasteiger partial charge in [-0.2, -0.15) is 5.10 Å². The summed E-state index contributed by atoms with van der Waals surface area (Å²) in [5, 5.41) is 4.74. The van der Waals surface area contributed by atoms with Gasteiger partial charge < -0.3 is 9.47 Å². The van der Waals surface area contributed by atoms with Crippen molar-refractivity contribution in [1.29, 1.82) is 0 Å². The molecule has 0 atom stereocenters. The summed E-state index contributed by atoms with van der Waals surface area (Å²) in [6.07, 6.45) is 1.45. The van der Waals surface area contributed by atoms with E-state index in [1.165, 1.54) is 12.3 Å². The Balaban J connectivity index is 1.48. The molecule has 0 heterocycles. The van der Waals surface area contributed by atoms with Gasteiger partial charge in [-0.25, -0.2) is 10.2 Å². The molecule has 0 saturated heterocycles. The molecule has 3 aromatic carbocycles. The minimum atomic E-state index is -0.510. The van der Waals surface area contributed by atoms with E-state index in [9.17, 15) is 9.59 Å². The fraction of sp³-hybridized carbons (Fsp3) is 0.0455. The van der Waals surface area contributed by atoms with Gasteiger partial charge in [0, 0.05) is 5.02 Å². The molecule has 6 nitrogen and oxygen atoms in total. The molecule has 1 N–H and O–H groups in total. The van der Waals surface area contributed by atoms with Crippen molar-refractivity contribution < 1.29 is 19.1 Å². The number of nitrogens with zero attached hydrogens (tertiary/aromatic N) is 1. The molecule has 0 aliphatic heterocycles. The summed E-state index contributed by atoms with van der Waals surface area (Å²) in [6, 6.07) is 20.0. The van der Waals surface area contributed by atoms with Crippen LogP contribution in [-0.2, 0) is 4.79 Å². The van der Waals surface area contributed by atoms with Crippen LogP contribution in [0.4, 0.5) is 0 Å². The summed E-state index contributed by atoms with van der Waals surface area (Å²) >= 11 is 11.8. The minimum Gasteiger partial charge on any atom is -0.482 e. The molecule has 0 unspecified atom stereocenters. The predicted octanol–water partition coefficient (Wildman–Crippen LogP) is 4.74. The van der Waals surface area contributed by atoms with Crippen LogP contribution in [0.25, 0.3) is 0 Å². The zero-order valence-corrected chi connectivity index (χ0v) is 17.1. The number of hydrogen-bond donors (Lipinski definition) is 1. The Morgan fingerprint density at radius 3 is 2.47 bits per heavy atom. The second kappa shape index (κ2) is 10.4. The Bertz CT molecular complexity index is 1070. The number of benzene rings is 3. The molecule has 0 saturated carbocycles. The summed E-state index contributed by atoms with van der Waals surface area (Å²) < 4.78 is 10.6. The van der Waals surface area contributed by atoms with Crippen molar-refractivity contribution in [1.82, 2.24) is 5.43 Å². The number of ether oxygens (including phenoxy) is 2. The fourth-order valence-electron chi connectivity index (χ4n) is 2.32. The summed E-state index contributed by atoms with van der Waals surface area (Å²) in [6.45, 7) is -0.223. The maximum absolute atomic E-state index is 12.1. The van der Waals surface area contributed by atoms with Gasteiger partial charge in [-0.15, -0.1) is 0 Å². The van der Waals surface area contributed by atoms with Gasteiger partial charge in [0.25, 0.3) is 5.91 Å². The van der Waals surface area contributed by atoms with Gasteiger partial charge in [-0.1, -0.05) is 41.4 Å². The molecule has 0 fully saturated rings. The van der Waals surface area contributed by atoms with Gasteiger partial charge >= 0.3 is 5.97 Å². The second-order valence-corrected chi connectivity index (χ2v) is 6.82. The van der Waals surface area contributed by atoms with E-state index in [0.29, 0.717) is 32.7 Å². The molecule has 30 heavy (non-hydrogen) atoms. The molecule has 0 aromatic heterocycles. The quantitative estimate of drug-likeness (QED) is 0.248. The van der Waals surface area contributed by atoms with Crippen LogP contribution in [0.2, 0.25) is 10.0 Å². The Kier molecular flexibility index (Phi) is 7.43. The first kappa shape index (κ1) is 21.4. The van der Waals surface area contributed by atoms with E-state index in [0.717, 1.165) is 0 Å². The number of esters is 1. The average molecular weight is 443 g/mol. The molecular weight excluding hydrogens is 427 g/mol. The van der Waals surface area contributed by atoms with Crippen LogP contribution >= 0.6 is 23.2 Å². The van der Waals surface area contributed by atoms with Crippen LogP contribution in [-0.4, -0.2) is 24.7 Å². The molecule has 1 amide bonds. The highest BCUT2D eigenvalue weighted by atomic mass is 35.5. The molecule has 8 heteroatoms. The van der Waals surface area contributed by atoms with Crippen LogP contribution in [0.1, 0.15) is 15.9 Å². The van der Waals surface area contributed by atoms with E-state index in [2.05, 4.69) is 10.5 Å². The third-order valence-corrected chi connectivity index (χ3v) is 4.30. The number of carbonyl (C=O) groups excluding carboxylic acids is 2. The van der Waals surface area contributed by atoms with Gasteiger partial charge in [0.2, 0.25) is 0 Å². The van der Waals surface area contributed by atoms with Gasteiger partial charge in [0.05, 0.1) is 16.8 Å². The van der Waals surface area contributed by atoms with Crippen molar-refractivity contribution in [3.63, 3.8) is 0 Å². The third kappa shape index (κ3) is 6.34. The Morgan fingerprint density at radius 2 is 1.73 bits per heavy atom. The van der Waals surface area contributed by atoms with Crippen molar-refractivity contribution in [2.45, 2.75) is 0 Å². The first-order valence-corrected chi connectivity index (χ1v) is 9.54. The SMILES string of the molecule is O=C(COc1ccccc1Cl)N/N=C\c1ccc(OC(=O)c2cccc(Cl)c2)cc1. The highest BCUT2D eigenvalue weighted by Crippen LogP contribution is 2.22. The number of hydrogen-bond acceptors (Lipinski definition) is 5. The molecule has 0 spiro atoms. The van der Waals surface area contributed by atoms with E-state index in [-0.39, 0.29) is 6.61 Å². The standard InChI is InChI=1S/C22H16Cl2N2O4/c23-17-5-3-4-16(12-17)22(28)30-18-10-8-15(9-11-18)13-25-26-21(27)14-29-20-7-2-1-6-19(20)24/h1-13H,14H2,(H,26,27)/b25-13-. The van der Waals surface area contributed by atoms with Gasteiger partial charge in [-0.3, -0.25) is 4.79 Å². The number of halogens is 2. The predicted molar refractivity (Wildman–Crippen MR) is 116 cm³/mol. The maximum Gasteiger partial charge on any atom is 0.343 e. The van der Waals surface area contributed by atoms with E-state index >= 15 is 0 Å². The number of para-hydroxylation sites is 1. The van der Waals surface area contributed by atoms with Gasteiger partial charge in [0.1, 0.15) is 11.5 Å². The monoisotopic (exact) mass is 442 g/mol. The van der Waals surface area contributed by atoms with E-state index in [1.807, 2.05) is 0 Å². The molecule has 0 bridgehead atoms. The number of amides is 1. The lowest BCUT2D eigenvalue weighted by atomic mass is 10.2. The van der Waals surface area contributed by atoms with Crippen LogP contribution in [0.15, 0.2) is 77.9 Å². The fourth-order valence-corrected chi connectivity index (χ4v) is 2.70. The van der Waals surface area contributed by atoms with Crippen molar-refractivity contribution in [3.05, 3.63) is 94.0 Å². The van der Waals surface area contributed by atoms with Crippen LogP contribution < -0.4 is 14.9 Å². The lowest BCUT2D eigenvalue weighted by molar-refractivity contribution is -0.123. The van der Waals surface area contributed by atoms with Crippen molar-refractivity contribution in [2.24, 2.45) is 5.10 Å². The maximum atomic E-state index is 12.1.